The summed E-state index contributed by atoms with van der Waals surface area (Å²) in [4.78, 5) is 27.0. The lowest BCUT2D eigenvalue weighted by atomic mass is 10.1. The summed E-state index contributed by atoms with van der Waals surface area (Å²) in [5, 5.41) is 5.65. The van der Waals surface area contributed by atoms with Crippen LogP contribution in [0.1, 0.15) is 50.4 Å². The summed E-state index contributed by atoms with van der Waals surface area (Å²) >= 11 is 0. The zero-order valence-corrected chi connectivity index (χ0v) is 23.7. The summed E-state index contributed by atoms with van der Waals surface area (Å²) < 4.78 is 30.2. The molecule has 3 aromatic carbocycles. The summed E-state index contributed by atoms with van der Waals surface area (Å²) in [6, 6.07) is 20.6. The third-order valence-corrected chi connectivity index (χ3v) is 5.89. The first-order valence-electron chi connectivity index (χ1n) is 13.2. The number of rotatable bonds is 11. The van der Waals surface area contributed by atoms with Gasteiger partial charge in [0, 0.05) is 19.6 Å². The molecule has 214 valence electrons. The maximum atomic E-state index is 13.4. The molecule has 0 bridgehead atoms. The van der Waals surface area contributed by atoms with Gasteiger partial charge in [-0.2, -0.15) is 0 Å². The van der Waals surface area contributed by atoms with Gasteiger partial charge in [0.2, 0.25) is 0 Å². The van der Waals surface area contributed by atoms with E-state index in [4.69, 9.17) is 14.2 Å². The van der Waals surface area contributed by atoms with Crippen molar-refractivity contribution < 1.29 is 28.2 Å². The van der Waals surface area contributed by atoms with Crippen molar-refractivity contribution in [3.8, 4) is 11.5 Å². The molecule has 0 aliphatic carbocycles. The number of halogens is 1. The lowest BCUT2D eigenvalue weighted by molar-refractivity contribution is 0.0522. The molecule has 3 amide bonds. The molecule has 0 heterocycles. The molecule has 0 aliphatic heterocycles. The molecule has 1 atom stereocenters. The van der Waals surface area contributed by atoms with Crippen LogP contribution in [0.2, 0.25) is 0 Å². The molecule has 0 fully saturated rings. The highest BCUT2D eigenvalue weighted by molar-refractivity contribution is 5.75. The summed E-state index contributed by atoms with van der Waals surface area (Å²) in [6.45, 7) is 8.20. The Morgan fingerprint density at radius 2 is 1.65 bits per heavy atom. The molecule has 0 radical (unpaired) electrons. The van der Waals surface area contributed by atoms with E-state index in [0.29, 0.717) is 18.1 Å². The smallest absolute Gasteiger partial charge is 0.407 e. The molecular formula is C31H38FN3O5. The monoisotopic (exact) mass is 551 g/mol. The van der Waals surface area contributed by atoms with E-state index in [2.05, 4.69) is 10.6 Å². The minimum Gasteiger partial charge on any atom is -0.493 e. The predicted molar refractivity (Wildman–Crippen MR) is 152 cm³/mol. The number of carbonyl (C=O) groups excluding carboxylic acids is 2. The molecule has 1 unspecified atom stereocenters. The maximum absolute atomic E-state index is 13.4. The Morgan fingerprint density at radius 1 is 0.950 bits per heavy atom. The summed E-state index contributed by atoms with van der Waals surface area (Å²) in [5.41, 5.74) is 1.98. The first kappa shape index (κ1) is 30.3. The number of methoxy groups -OCH3 is 1. The average Bonchev–Trinajstić information content (AvgIpc) is 2.91. The fraction of sp³-hybridized carbons (Fsp3) is 0.355. The fourth-order valence-electron chi connectivity index (χ4n) is 3.86. The molecule has 3 rings (SSSR count). The zero-order valence-electron chi connectivity index (χ0n) is 23.7. The molecule has 0 aromatic heterocycles. The number of benzene rings is 3. The van der Waals surface area contributed by atoms with Gasteiger partial charge in [-0.05, 0) is 68.7 Å². The van der Waals surface area contributed by atoms with Crippen LogP contribution in [0.5, 0.6) is 11.5 Å². The third kappa shape index (κ3) is 9.80. The maximum Gasteiger partial charge on any atom is 0.407 e. The van der Waals surface area contributed by atoms with Crippen molar-refractivity contribution in [2.45, 2.75) is 52.5 Å². The number of urea groups is 1. The van der Waals surface area contributed by atoms with Crippen LogP contribution in [0.4, 0.5) is 14.0 Å². The molecule has 0 saturated heterocycles. The van der Waals surface area contributed by atoms with Crippen LogP contribution in [0, 0.1) is 5.82 Å². The lowest BCUT2D eigenvalue weighted by Gasteiger charge is -2.26. The van der Waals surface area contributed by atoms with Crippen molar-refractivity contribution in [2.24, 2.45) is 0 Å². The van der Waals surface area contributed by atoms with Gasteiger partial charge in [-0.15, -0.1) is 0 Å². The number of carbonyl (C=O) groups is 2. The minimum absolute atomic E-state index is 0.183. The Bertz CT molecular complexity index is 1250. The SMILES string of the molecule is COc1cc(CN(CCNC(=O)OC(C)(C)C)C(=O)NC(C)c2ccc(F)cc2)ccc1OCc1ccccc1. The number of nitrogens with one attached hydrogen (secondary N) is 2. The number of hydrogen-bond donors (Lipinski definition) is 2. The summed E-state index contributed by atoms with van der Waals surface area (Å²) in [7, 11) is 1.56. The topological polar surface area (TPSA) is 89.1 Å². The van der Waals surface area contributed by atoms with Gasteiger partial charge >= 0.3 is 12.1 Å². The Kier molecular flexibility index (Phi) is 10.8. The second kappa shape index (κ2) is 14.2. The van der Waals surface area contributed by atoms with E-state index >= 15 is 0 Å². The van der Waals surface area contributed by atoms with E-state index in [1.165, 1.54) is 12.1 Å². The van der Waals surface area contributed by atoms with Gasteiger partial charge in [0.1, 0.15) is 18.0 Å². The van der Waals surface area contributed by atoms with Crippen molar-refractivity contribution >= 4 is 12.1 Å². The zero-order chi connectivity index (χ0) is 29.1. The van der Waals surface area contributed by atoms with E-state index in [1.54, 1.807) is 44.9 Å². The standard InChI is InChI=1S/C31H38FN3O5/c1-22(25-12-14-26(32)15-13-25)34-29(36)35(18-17-33-30(37)40-31(2,3)4)20-24-11-16-27(28(19-24)38-5)39-21-23-9-7-6-8-10-23/h6-16,19,22H,17-18,20-21H2,1-5H3,(H,33,37)(H,34,36). The second-order valence-corrected chi connectivity index (χ2v) is 10.3. The van der Waals surface area contributed by atoms with Crippen LogP contribution in [-0.4, -0.2) is 42.8 Å². The van der Waals surface area contributed by atoms with Crippen LogP contribution >= 0.6 is 0 Å². The van der Waals surface area contributed by atoms with Crippen LogP contribution in [0.25, 0.3) is 0 Å². The highest BCUT2D eigenvalue weighted by Gasteiger charge is 2.20. The molecule has 3 aromatic rings. The van der Waals surface area contributed by atoms with Crippen molar-refractivity contribution in [3.63, 3.8) is 0 Å². The predicted octanol–water partition coefficient (Wildman–Crippen LogP) is 6.21. The van der Waals surface area contributed by atoms with Crippen LogP contribution < -0.4 is 20.1 Å². The quantitative estimate of drug-likeness (QED) is 0.296. The molecule has 9 heteroatoms. The van der Waals surface area contributed by atoms with E-state index in [0.717, 1.165) is 16.7 Å². The van der Waals surface area contributed by atoms with Gasteiger partial charge in [-0.25, -0.2) is 14.0 Å². The van der Waals surface area contributed by atoms with Gasteiger partial charge in [0.15, 0.2) is 11.5 Å². The van der Waals surface area contributed by atoms with E-state index in [1.807, 2.05) is 55.5 Å². The van der Waals surface area contributed by atoms with E-state index < -0.39 is 11.7 Å². The van der Waals surface area contributed by atoms with Gasteiger partial charge in [-0.3, -0.25) is 0 Å². The molecule has 0 aliphatic rings. The number of hydrogen-bond acceptors (Lipinski definition) is 5. The Balaban J connectivity index is 1.71. The third-order valence-electron chi connectivity index (χ3n) is 5.89. The van der Waals surface area contributed by atoms with Crippen molar-refractivity contribution in [1.82, 2.24) is 15.5 Å². The second-order valence-electron chi connectivity index (χ2n) is 10.3. The first-order valence-corrected chi connectivity index (χ1v) is 13.2. The largest absolute Gasteiger partial charge is 0.493 e. The molecule has 0 saturated carbocycles. The minimum atomic E-state index is -0.632. The number of alkyl carbamates (subject to hydrolysis) is 1. The summed E-state index contributed by atoms with van der Waals surface area (Å²) in [5.74, 6) is 0.783. The van der Waals surface area contributed by atoms with Gasteiger partial charge < -0.3 is 29.7 Å². The first-order chi connectivity index (χ1) is 19.0. The van der Waals surface area contributed by atoms with Crippen LogP contribution in [0.15, 0.2) is 72.8 Å². The molecule has 2 N–H and O–H groups in total. The Hall–Kier alpha value is -4.27. The number of amides is 3. The number of nitrogens with zero attached hydrogens (tertiary/aromatic N) is 1. The van der Waals surface area contributed by atoms with Crippen molar-refractivity contribution in [2.75, 3.05) is 20.2 Å². The Labute approximate surface area is 235 Å². The van der Waals surface area contributed by atoms with Crippen molar-refractivity contribution in [1.29, 1.82) is 0 Å². The molecule has 8 nitrogen and oxygen atoms in total. The molecule has 40 heavy (non-hydrogen) atoms. The Morgan fingerprint density at radius 3 is 2.30 bits per heavy atom. The lowest BCUT2D eigenvalue weighted by Crippen LogP contribution is -2.44. The molecular weight excluding hydrogens is 513 g/mol. The van der Waals surface area contributed by atoms with Gasteiger partial charge in [0.05, 0.1) is 13.2 Å². The normalized spacial score (nSPS) is 11.8. The van der Waals surface area contributed by atoms with Crippen LogP contribution in [-0.2, 0) is 17.9 Å². The van der Waals surface area contributed by atoms with E-state index in [-0.39, 0.29) is 37.5 Å². The van der Waals surface area contributed by atoms with E-state index in [9.17, 15) is 14.0 Å². The highest BCUT2D eigenvalue weighted by atomic mass is 19.1. The molecule has 0 spiro atoms. The van der Waals surface area contributed by atoms with Crippen molar-refractivity contribution in [3.05, 3.63) is 95.3 Å². The number of ether oxygens (including phenoxy) is 3. The van der Waals surface area contributed by atoms with Gasteiger partial charge in [0.25, 0.3) is 0 Å². The fourth-order valence-corrected chi connectivity index (χ4v) is 3.86. The highest BCUT2D eigenvalue weighted by Crippen LogP contribution is 2.29. The summed E-state index contributed by atoms with van der Waals surface area (Å²) in [6.07, 6.45) is -0.561. The van der Waals surface area contributed by atoms with Crippen LogP contribution in [0.3, 0.4) is 0 Å². The average molecular weight is 552 g/mol. The van der Waals surface area contributed by atoms with Gasteiger partial charge in [-0.1, -0.05) is 48.5 Å².